The zero-order valence-electron chi connectivity index (χ0n) is 21.3. The van der Waals surface area contributed by atoms with Crippen LogP contribution in [0.4, 0.5) is 5.69 Å². The molecule has 0 aliphatic carbocycles. The molecule has 0 unspecified atom stereocenters. The highest BCUT2D eigenvalue weighted by Crippen LogP contribution is 2.33. The molecular weight excluding hydrogens is 498 g/mol. The lowest BCUT2D eigenvalue weighted by Crippen LogP contribution is -2.18. The Labute approximate surface area is 226 Å². The van der Waals surface area contributed by atoms with Gasteiger partial charge in [-0.15, -0.1) is 11.3 Å². The highest BCUT2D eigenvalue weighted by atomic mass is 32.1. The Balaban J connectivity index is 1.23. The summed E-state index contributed by atoms with van der Waals surface area (Å²) in [6.45, 7) is 4.07. The minimum absolute atomic E-state index is 0.0457. The Bertz CT molecular complexity index is 1360. The van der Waals surface area contributed by atoms with E-state index in [0.717, 1.165) is 0 Å². The molecule has 0 aliphatic rings. The van der Waals surface area contributed by atoms with Crippen LogP contribution in [-0.4, -0.2) is 24.3 Å². The van der Waals surface area contributed by atoms with Gasteiger partial charge < -0.3 is 14.8 Å². The molecule has 1 heterocycles. The fraction of sp³-hybridized carbons (Fsp3) is 0.194. The van der Waals surface area contributed by atoms with Gasteiger partial charge in [0.2, 0.25) is 11.7 Å². The molecule has 38 heavy (non-hydrogen) atoms. The average molecular weight is 528 g/mol. The van der Waals surface area contributed by atoms with Gasteiger partial charge in [-0.3, -0.25) is 14.4 Å². The van der Waals surface area contributed by atoms with E-state index in [2.05, 4.69) is 43.4 Å². The van der Waals surface area contributed by atoms with E-state index >= 15 is 0 Å². The van der Waals surface area contributed by atoms with Gasteiger partial charge in [-0.05, 0) is 59.0 Å². The summed E-state index contributed by atoms with van der Waals surface area (Å²) in [5, 5.41) is 4.53. The van der Waals surface area contributed by atoms with Crippen LogP contribution in [0.2, 0.25) is 0 Å². The molecule has 4 aromatic rings. The highest BCUT2D eigenvalue weighted by Gasteiger charge is 2.22. The summed E-state index contributed by atoms with van der Waals surface area (Å²) in [5.74, 6) is 0.179. The zero-order valence-corrected chi connectivity index (χ0v) is 22.1. The number of nitrogens with one attached hydrogen (secondary N) is 1. The maximum Gasteiger partial charge on any atom is 0.306 e. The van der Waals surface area contributed by atoms with Gasteiger partial charge >= 0.3 is 5.97 Å². The summed E-state index contributed by atoms with van der Waals surface area (Å²) in [5.41, 5.74) is 2.89. The summed E-state index contributed by atoms with van der Waals surface area (Å²) < 4.78 is 10.9. The first-order chi connectivity index (χ1) is 18.3. The zero-order chi connectivity index (χ0) is 27.0. The molecule has 6 nitrogen and oxygen atoms in total. The van der Waals surface area contributed by atoms with Gasteiger partial charge in [-0.1, -0.05) is 62.4 Å². The van der Waals surface area contributed by atoms with Crippen LogP contribution >= 0.6 is 11.3 Å². The first-order valence-electron chi connectivity index (χ1n) is 12.3. The monoisotopic (exact) mass is 527 g/mol. The first kappa shape index (κ1) is 26.8. The third kappa shape index (κ3) is 7.17. The number of benzene rings is 3. The number of rotatable bonds is 11. The second kappa shape index (κ2) is 12.3. The van der Waals surface area contributed by atoms with E-state index < -0.39 is 5.97 Å². The third-order valence-electron chi connectivity index (χ3n) is 6.16. The molecule has 0 fully saturated rings. The normalized spacial score (nSPS) is 11.0. The Morgan fingerprint density at radius 1 is 0.763 bits per heavy atom. The van der Waals surface area contributed by atoms with E-state index in [1.54, 1.807) is 41.8 Å². The highest BCUT2D eigenvalue weighted by molar-refractivity contribution is 7.12. The molecule has 7 heteroatoms. The van der Waals surface area contributed by atoms with Crippen molar-refractivity contribution in [3.05, 3.63) is 112 Å². The number of thiophene rings is 1. The Morgan fingerprint density at radius 2 is 1.39 bits per heavy atom. The van der Waals surface area contributed by atoms with Crippen molar-refractivity contribution in [3.8, 4) is 11.5 Å². The van der Waals surface area contributed by atoms with Crippen LogP contribution in [0, 0.1) is 0 Å². The molecule has 1 N–H and O–H groups in total. The molecule has 0 saturated heterocycles. The number of carbonyl (C=O) groups excluding carboxylic acids is 3. The van der Waals surface area contributed by atoms with Gasteiger partial charge in [0, 0.05) is 17.5 Å². The molecule has 0 atom stereocenters. The number of anilines is 1. The molecule has 0 spiro atoms. The Hall–Kier alpha value is -4.23. The molecule has 3 aromatic carbocycles. The fourth-order valence-corrected chi connectivity index (χ4v) is 4.52. The predicted octanol–water partition coefficient (Wildman–Crippen LogP) is 7.01. The van der Waals surface area contributed by atoms with Crippen LogP contribution < -0.4 is 10.1 Å². The molecule has 0 saturated carbocycles. The quantitative estimate of drug-likeness (QED) is 0.168. The molecule has 0 bridgehead atoms. The Morgan fingerprint density at radius 3 is 2.03 bits per heavy atom. The number of hydrogen-bond donors (Lipinski definition) is 1. The number of carbonyl (C=O) groups is 3. The molecule has 0 aliphatic heterocycles. The van der Waals surface area contributed by atoms with Crippen LogP contribution in [-0.2, 0) is 19.7 Å². The molecule has 4 rings (SSSR count). The number of ether oxygens (including phenoxy) is 2. The summed E-state index contributed by atoms with van der Waals surface area (Å²) in [6.07, 6.45) is -0.155. The van der Waals surface area contributed by atoms with Crippen molar-refractivity contribution in [2.45, 2.75) is 32.1 Å². The van der Waals surface area contributed by atoms with E-state index in [1.807, 2.05) is 30.3 Å². The minimum Gasteiger partial charge on any atom is -0.457 e. The Kier molecular flexibility index (Phi) is 8.71. The molecule has 194 valence electrons. The van der Waals surface area contributed by atoms with Crippen molar-refractivity contribution in [3.63, 3.8) is 0 Å². The van der Waals surface area contributed by atoms with Gasteiger partial charge in [-0.25, -0.2) is 0 Å². The van der Waals surface area contributed by atoms with E-state index in [0.29, 0.717) is 22.1 Å². The third-order valence-corrected chi connectivity index (χ3v) is 7.07. The predicted molar refractivity (Wildman–Crippen MR) is 149 cm³/mol. The van der Waals surface area contributed by atoms with Gasteiger partial charge in [0.15, 0.2) is 6.61 Å². The van der Waals surface area contributed by atoms with Crippen LogP contribution in [0.1, 0.15) is 47.5 Å². The lowest BCUT2D eigenvalue weighted by Gasteiger charge is -2.26. The molecular formula is C31H29NO5S. The number of hydrogen-bond acceptors (Lipinski definition) is 6. The topological polar surface area (TPSA) is 81.7 Å². The maximum atomic E-state index is 12.2. The van der Waals surface area contributed by atoms with Crippen LogP contribution in [0.5, 0.6) is 11.5 Å². The van der Waals surface area contributed by atoms with Crippen LogP contribution in [0.15, 0.2) is 96.4 Å². The summed E-state index contributed by atoms with van der Waals surface area (Å²) >= 11 is 1.29. The lowest BCUT2D eigenvalue weighted by molar-refractivity contribution is -0.143. The SMILES string of the molecule is CC(C)(c1ccccc1)c1ccc(Oc2ccc(NC(=O)CCC(=O)OCC(=O)c3cccs3)cc2)cc1. The van der Waals surface area contributed by atoms with Gasteiger partial charge in [-0.2, -0.15) is 0 Å². The minimum atomic E-state index is -0.591. The summed E-state index contributed by atoms with van der Waals surface area (Å²) in [7, 11) is 0. The van der Waals surface area contributed by atoms with Crippen molar-refractivity contribution in [1.82, 2.24) is 0 Å². The first-order valence-corrected chi connectivity index (χ1v) is 13.2. The van der Waals surface area contributed by atoms with Crippen molar-refractivity contribution in [1.29, 1.82) is 0 Å². The number of ketones is 1. The van der Waals surface area contributed by atoms with Gasteiger partial charge in [0.25, 0.3) is 0 Å². The van der Waals surface area contributed by atoms with Crippen LogP contribution in [0.3, 0.4) is 0 Å². The van der Waals surface area contributed by atoms with Crippen LogP contribution in [0.25, 0.3) is 0 Å². The maximum absolute atomic E-state index is 12.2. The molecule has 0 radical (unpaired) electrons. The average Bonchev–Trinajstić information content (AvgIpc) is 3.48. The van der Waals surface area contributed by atoms with Gasteiger partial charge in [0.1, 0.15) is 11.5 Å². The van der Waals surface area contributed by atoms with Crippen molar-refractivity contribution in [2.24, 2.45) is 0 Å². The summed E-state index contributed by atoms with van der Waals surface area (Å²) in [4.78, 5) is 36.5. The fourth-order valence-electron chi connectivity index (χ4n) is 3.87. The summed E-state index contributed by atoms with van der Waals surface area (Å²) in [6, 6.07) is 28.8. The van der Waals surface area contributed by atoms with Crippen molar-refractivity contribution >= 4 is 34.7 Å². The lowest BCUT2D eigenvalue weighted by atomic mass is 9.78. The standard InChI is InChI=1S/C31H29NO5S/c1-31(2,22-7-4-3-5-8-22)23-10-14-25(15-11-23)37-26-16-12-24(13-17-26)32-29(34)18-19-30(35)36-21-27(33)28-9-6-20-38-28/h3-17,20H,18-19,21H2,1-2H3,(H,32,34). The van der Waals surface area contributed by atoms with E-state index in [1.165, 1.54) is 22.5 Å². The van der Waals surface area contributed by atoms with E-state index in [9.17, 15) is 14.4 Å². The van der Waals surface area contributed by atoms with Crippen molar-refractivity contribution in [2.75, 3.05) is 11.9 Å². The molecule has 1 amide bonds. The van der Waals surface area contributed by atoms with E-state index in [4.69, 9.17) is 9.47 Å². The van der Waals surface area contributed by atoms with E-state index in [-0.39, 0.29) is 36.6 Å². The number of amides is 1. The van der Waals surface area contributed by atoms with Crippen molar-refractivity contribution < 1.29 is 23.9 Å². The number of esters is 1. The number of Topliss-reactive ketones (excluding diaryl/α,β-unsaturated/α-hetero) is 1. The second-order valence-corrected chi connectivity index (χ2v) is 10.2. The molecule has 1 aromatic heterocycles. The largest absolute Gasteiger partial charge is 0.457 e. The second-order valence-electron chi connectivity index (χ2n) is 9.25. The smallest absolute Gasteiger partial charge is 0.306 e. The van der Waals surface area contributed by atoms with Gasteiger partial charge in [0.05, 0.1) is 11.3 Å².